The van der Waals surface area contributed by atoms with E-state index in [1.807, 2.05) is 19.1 Å². The Hall–Kier alpha value is -2.24. The van der Waals surface area contributed by atoms with Crippen LogP contribution in [0.4, 0.5) is 0 Å². The summed E-state index contributed by atoms with van der Waals surface area (Å²) in [7, 11) is 1.58. The fraction of sp³-hybridized carbons (Fsp3) is 0.556. The molecular weight excluding hydrogens is 310 g/mol. The van der Waals surface area contributed by atoms with Gasteiger partial charge in [0.2, 0.25) is 5.91 Å². The van der Waals surface area contributed by atoms with Crippen LogP contribution in [0, 0.1) is 11.8 Å². The lowest BCUT2D eigenvalue weighted by Crippen LogP contribution is -2.39. The van der Waals surface area contributed by atoms with E-state index in [1.165, 1.54) is 0 Å². The second kappa shape index (κ2) is 8.57. The molecule has 0 spiro atoms. The van der Waals surface area contributed by atoms with E-state index in [4.69, 9.17) is 9.47 Å². The van der Waals surface area contributed by atoms with Gasteiger partial charge in [0.1, 0.15) is 0 Å². The van der Waals surface area contributed by atoms with Gasteiger partial charge in [-0.15, -0.1) is 0 Å². The number of carbonyl (C=O) groups excluding carboxylic acids is 1. The molecular formula is C18H25NO5. The van der Waals surface area contributed by atoms with Gasteiger partial charge in [0.25, 0.3) is 0 Å². The maximum atomic E-state index is 12.4. The lowest BCUT2D eigenvalue weighted by atomic mass is 9.78. The summed E-state index contributed by atoms with van der Waals surface area (Å²) < 4.78 is 10.8. The monoisotopic (exact) mass is 335 g/mol. The molecule has 2 N–H and O–H groups in total. The van der Waals surface area contributed by atoms with Crippen molar-refractivity contribution in [2.45, 2.75) is 39.2 Å². The zero-order chi connectivity index (χ0) is 17.5. The van der Waals surface area contributed by atoms with Crippen LogP contribution in [0.3, 0.4) is 0 Å². The van der Waals surface area contributed by atoms with Crippen molar-refractivity contribution in [2.24, 2.45) is 11.8 Å². The third-order valence-corrected chi connectivity index (χ3v) is 4.41. The Balaban J connectivity index is 2.00. The lowest BCUT2D eigenvalue weighted by molar-refractivity contribution is -0.148. The fourth-order valence-electron chi connectivity index (χ4n) is 3.16. The van der Waals surface area contributed by atoms with Gasteiger partial charge < -0.3 is 19.9 Å². The molecule has 2 atom stereocenters. The summed E-state index contributed by atoms with van der Waals surface area (Å²) >= 11 is 0. The third-order valence-electron chi connectivity index (χ3n) is 4.41. The van der Waals surface area contributed by atoms with Crippen LogP contribution in [0.1, 0.15) is 38.2 Å². The van der Waals surface area contributed by atoms with Gasteiger partial charge in [0.05, 0.1) is 25.6 Å². The predicted molar refractivity (Wildman–Crippen MR) is 89.1 cm³/mol. The molecule has 0 bridgehead atoms. The highest BCUT2D eigenvalue weighted by Crippen LogP contribution is 2.31. The van der Waals surface area contributed by atoms with E-state index in [1.54, 1.807) is 13.2 Å². The van der Waals surface area contributed by atoms with Crippen molar-refractivity contribution in [3.63, 3.8) is 0 Å². The highest BCUT2D eigenvalue weighted by molar-refractivity contribution is 5.84. The van der Waals surface area contributed by atoms with Crippen LogP contribution >= 0.6 is 0 Å². The van der Waals surface area contributed by atoms with Gasteiger partial charge in [0.15, 0.2) is 11.5 Å². The van der Waals surface area contributed by atoms with E-state index in [0.29, 0.717) is 37.5 Å². The molecule has 0 heterocycles. The molecule has 0 radical (unpaired) electrons. The molecule has 1 aromatic rings. The van der Waals surface area contributed by atoms with E-state index < -0.39 is 17.8 Å². The first-order valence-electron chi connectivity index (χ1n) is 8.37. The van der Waals surface area contributed by atoms with Crippen molar-refractivity contribution >= 4 is 11.9 Å². The molecule has 6 nitrogen and oxygen atoms in total. The molecule has 6 heteroatoms. The molecule has 2 rings (SSSR count). The summed E-state index contributed by atoms with van der Waals surface area (Å²) in [6.07, 6.45) is 2.98. The van der Waals surface area contributed by atoms with Crippen LogP contribution in [0.15, 0.2) is 18.2 Å². The molecule has 1 saturated carbocycles. The number of nitrogens with one attached hydrogen (secondary N) is 1. The van der Waals surface area contributed by atoms with Gasteiger partial charge >= 0.3 is 5.97 Å². The van der Waals surface area contributed by atoms with Crippen LogP contribution in [0.25, 0.3) is 0 Å². The quantitative estimate of drug-likeness (QED) is 0.800. The normalized spacial score (nSPS) is 20.2. The Morgan fingerprint density at radius 2 is 1.92 bits per heavy atom. The molecule has 0 aromatic heterocycles. The van der Waals surface area contributed by atoms with Gasteiger partial charge in [-0.05, 0) is 37.5 Å². The second-order valence-electron chi connectivity index (χ2n) is 5.97. The van der Waals surface area contributed by atoms with Gasteiger partial charge in [0, 0.05) is 6.54 Å². The number of carboxylic acid groups (broad SMARTS) is 1. The molecule has 0 unspecified atom stereocenters. The van der Waals surface area contributed by atoms with E-state index in [0.717, 1.165) is 18.4 Å². The molecule has 0 aliphatic heterocycles. The molecule has 1 aromatic carbocycles. The summed E-state index contributed by atoms with van der Waals surface area (Å²) in [6.45, 7) is 2.75. The van der Waals surface area contributed by atoms with Crippen molar-refractivity contribution in [2.75, 3.05) is 13.7 Å². The Kier molecular flexibility index (Phi) is 6.46. The van der Waals surface area contributed by atoms with Crippen LogP contribution in [-0.4, -0.2) is 30.7 Å². The van der Waals surface area contributed by atoms with E-state index in [9.17, 15) is 14.7 Å². The van der Waals surface area contributed by atoms with E-state index in [2.05, 4.69) is 5.32 Å². The van der Waals surface area contributed by atoms with Crippen molar-refractivity contribution in [3.8, 4) is 11.5 Å². The Labute approximate surface area is 142 Å². The molecule has 1 amide bonds. The topological polar surface area (TPSA) is 84.9 Å². The number of carbonyl (C=O) groups is 2. The van der Waals surface area contributed by atoms with Crippen molar-refractivity contribution in [1.82, 2.24) is 5.32 Å². The van der Waals surface area contributed by atoms with E-state index in [-0.39, 0.29) is 5.91 Å². The summed E-state index contributed by atoms with van der Waals surface area (Å²) in [6, 6.07) is 5.49. The maximum absolute atomic E-state index is 12.4. The van der Waals surface area contributed by atoms with Gasteiger partial charge in [-0.25, -0.2) is 0 Å². The number of hydrogen-bond acceptors (Lipinski definition) is 4. The van der Waals surface area contributed by atoms with Crippen molar-refractivity contribution in [1.29, 1.82) is 0 Å². The summed E-state index contributed by atoms with van der Waals surface area (Å²) in [5.74, 6) is -0.804. The van der Waals surface area contributed by atoms with Crippen LogP contribution in [0.5, 0.6) is 11.5 Å². The number of rotatable bonds is 7. The Morgan fingerprint density at radius 1 is 1.21 bits per heavy atom. The number of aliphatic carboxylic acids is 1. The van der Waals surface area contributed by atoms with E-state index >= 15 is 0 Å². The summed E-state index contributed by atoms with van der Waals surface area (Å²) in [5, 5.41) is 12.1. The van der Waals surface area contributed by atoms with Gasteiger partial charge in [-0.3, -0.25) is 9.59 Å². The third kappa shape index (κ3) is 4.40. The molecule has 0 saturated heterocycles. The van der Waals surface area contributed by atoms with Gasteiger partial charge in [-0.1, -0.05) is 18.9 Å². The SMILES string of the molecule is CCOc1cc(CNC(=O)[C@@H]2CCCC[C@H]2C(=O)O)ccc1OC. The largest absolute Gasteiger partial charge is 0.493 e. The highest BCUT2D eigenvalue weighted by Gasteiger charge is 2.35. The minimum Gasteiger partial charge on any atom is -0.493 e. The van der Waals surface area contributed by atoms with Crippen LogP contribution in [0.2, 0.25) is 0 Å². The first-order chi connectivity index (χ1) is 11.6. The Bertz CT molecular complexity index is 587. The first kappa shape index (κ1) is 18.1. The minimum atomic E-state index is -0.877. The smallest absolute Gasteiger partial charge is 0.307 e. The number of benzene rings is 1. The highest BCUT2D eigenvalue weighted by atomic mass is 16.5. The van der Waals surface area contributed by atoms with Gasteiger partial charge in [-0.2, -0.15) is 0 Å². The molecule has 1 fully saturated rings. The number of amides is 1. The average Bonchev–Trinajstić information content (AvgIpc) is 2.60. The molecule has 24 heavy (non-hydrogen) atoms. The fourth-order valence-corrected chi connectivity index (χ4v) is 3.16. The standard InChI is InChI=1S/C18H25NO5/c1-3-24-16-10-12(8-9-15(16)23-2)11-19-17(20)13-6-4-5-7-14(13)18(21)22/h8-10,13-14H,3-7,11H2,1-2H3,(H,19,20)(H,21,22)/t13-,14-/m1/s1. The molecule has 1 aliphatic carbocycles. The molecule has 1 aliphatic rings. The van der Waals surface area contributed by atoms with Crippen LogP contribution in [-0.2, 0) is 16.1 Å². The predicted octanol–water partition coefficient (Wildman–Crippen LogP) is 2.60. The second-order valence-corrected chi connectivity index (χ2v) is 5.97. The summed E-state index contributed by atoms with van der Waals surface area (Å²) in [4.78, 5) is 23.7. The van der Waals surface area contributed by atoms with Crippen LogP contribution < -0.4 is 14.8 Å². The number of methoxy groups -OCH3 is 1. The zero-order valence-corrected chi connectivity index (χ0v) is 14.2. The summed E-state index contributed by atoms with van der Waals surface area (Å²) in [5.41, 5.74) is 0.885. The molecule has 132 valence electrons. The average molecular weight is 335 g/mol. The number of hydrogen-bond donors (Lipinski definition) is 2. The van der Waals surface area contributed by atoms with Crippen molar-refractivity contribution in [3.05, 3.63) is 23.8 Å². The zero-order valence-electron chi connectivity index (χ0n) is 14.2. The first-order valence-corrected chi connectivity index (χ1v) is 8.37. The van der Waals surface area contributed by atoms with Crippen molar-refractivity contribution < 1.29 is 24.2 Å². The number of carboxylic acids is 1. The Morgan fingerprint density at radius 3 is 2.54 bits per heavy atom. The maximum Gasteiger partial charge on any atom is 0.307 e. The lowest BCUT2D eigenvalue weighted by Gasteiger charge is -2.27. The number of ether oxygens (including phenoxy) is 2. The minimum absolute atomic E-state index is 0.184.